The second kappa shape index (κ2) is 4.74. The summed E-state index contributed by atoms with van der Waals surface area (Å²) in [6.45, 7) is 0. The first kappa shape index (κ1) is 11.9. The fourth-order valence-electron chi connectivity index (χ4n) is 1.81. The Bertz CT molecular complexity index is 582. The Balaban J connectivity index is 2.62. The molecule has 6 heteroatoms. The molecular formula is C12H8N5S-. The van der Waals surface area contributed by atoms with Gasteiger partial charge in [-0.3, -0.25) is 4.98 Å². The molecule has 2 rings (SSSR count). The first-order chi connectivity index (χ1) is 8.69. The van der Waals surface area contributed by atoms with Crippen molar-refractivity contribution in [3.05, 3.63) is 52.1 Å². The van der Waals surface area contributed by atoms with Gasteiger partial charge in [0.25, 0.3) is 0 Å². The van der Waals surface area contributed by atoms with Crippen molar-refractivity contribution >= 4 is 12.6 Å². The predicted octanol–water partition coefficient (Wildman–Crippen LogP) is 0.744. The summed E-state index contributed by atoms with van der Waals surface area (Å²) in [5.41, 5.74) is 7.05. The second-order valence-electron chi connectivity index (χ2n) is 3.64. The SMILES string of the molecule is N#CC1=C(N)NC([S-])=C(C#N)C1c1cccnc1. The number of nitrogens with zero attached hydrogens (tertiary/aromatic N) is 3. The highest BCUT2D eigenvalue weighted by Crippen LogP contribution is 2.35. The standard InChI is InChI=1S/C12H9N5S/c13-4-8-10(7-2-1-3-16-6-7)9(5-14)12(18)17-11(8)15/h1-3,6,10,17-18H,15H2/p-1. The number of pyridine rings is 1. The van der Waals surface area contributed by atoms with Crippen molar-refractivity contribution in [2.45, 2.75) is 5.92 Å². The van der Waals surface area contributed by atoms with E-state index in [1.165, 1.54) is 0 Å². The van der Waals surface area contributed by atoms with Crippen LogP contribution in [0.5, 0.6) is 0 Å². The number of aromatic nitrogens is 1. The summed E-state index contributed by atoms with van der Waals surface area (Å²) in [5.74, 6) is -0.349. The third kappa shape index (κ3) is 1.86. The average molecular weight is 254 g/mol. The number of rotatable bonds is 1. The fraction of sp³-hybridized carbons (Fsp3) is 0.0833. The number of nitriles is 2. The van der Waals surface area contributed by atoms with E-state index in [0.717, 1.165) is 5.56 Å². The van der Waals surface area contributed by atoms with Crippen LogP contribution in [0, 0.1) is 22.7 Å². The Morgan fingerprint density at radius 1 is 1.33 bits per heavy atom. The Hall–Kier alpha value is -2.57. The van der Waals surface area contributed by atoms with Gasteiger partial charge < -0.3 is 23.7 Å². The Kier molecular flexibility index (Phi) is 3.13. The summed E-state index contributed by atoms with van der Waals surface area (Å²) >= 11 is 5.07. The van der Waals surface area contributed by atoms with Crippen LogP contribution in [0.25, 0.3) is 0 Å². The van der Waals surface area contributed by atoms with Gasteiger partial charge in [0.05, 0.1) is 23.6 Å². The summed E-state index contributed by atoms with van der Waals surface area (Å²) < 4.78 is 0. The van der Waals surface area contributed by atoms with Crippen LogP contribution in [-0.4, -0.2) is 4.98 Å². The summed E-state index contributed by atoms with van der Waals surface area (Å²) in [4.78, 5) is 3.99. The summed E-state index contributed by atoms with van der Waals surface area (Å²) in [7, 11) is 0. The monoisotopic (exact) mass is 254 g/mol. The number of hydrogen-bond acceptors (Lipinski definition) is 6. The predicted molar refractivity (Wildman–Crippen MR) is 66.9 cm³/mol. The number of hydrogen-bond donors (Lipinski definition) is 2. The van der Waals surface area contributed by atoms with Gasteiger partial charge in [0, 0.05) is 18.0 Å². The zero-order valence-corrected chi connectivity index (χ0v) is 10.0. The minimum absolute atomic E-state index is 0.190. The molecule has 0 saturated carbocycles. The lowest BCUT2D eigenvalue weighted by Crippen LogP contribution is -2.29. The lowest BCUT2D eigenvalue weighted by atomic mass is 9.85. The molecule has 1 atom stereocenters. The van der Waals surface area contributed by atoms with E-state index in [2.05, 4.69) is 10.3 Å². The van der Waals surface area contributed by atoms with Crippen molar-refractivity contribution in [2.24, 2.45) is 5.73 Å². The van der Waals surface area contributed by atoms with Gasteiger partial charge in [0.2, 0.25) is 0 Å². The molecule has 0 aliphatic carbocycles. The lowest BCUT2D eigenvalue weighted by Gasteiger charge is -2.30. The normalized spacial score (nSPS) is 18.9. The molecule has 0 aromatic carbocycles. The Labute approximate surface area is 110 Å². The lowest BCUT2D eigenvalue weighted by molar-refractivity contribution is 0.837. The van der Waals surface area contributed by atoms with E-state index in [4.69, 9.17) is 18.4 Å². The maximum atomic E-state index is 9.18. The van der Waals surface area contributed by atoms with E-state index in [1.54, 1.807) is 24.5 Å². The van der Waals surface area contributed by atoms with Gasteiger partial charge in [-0.15, -0.1) is 0 Å². The number of nitrogens with one attached hydrogen (secondary N) is 1. The van der Waals surface area contributed by atoms with Crippen LogP contribution in [-0.2, 0) is 12.6 Å². The second-order valence-corrected chi connectivity index (χ2v) is 4.05. The van der Waals surface area contributed by atoms with Gasteiger partial charge in [-0.25, -0.2) is 0 Å². The first-order valence-corrected chi connectivity index (χ1v) is 5.47. The number of allylic oxidation sites excluding steroid dienone is 2. The van der Waals surface area contributed by atoms with Crippen molar-refractivity contribution in [1.82, 2.24) is 10.3 Å². The molecule has 88 valence electrons. The zero-order valence-electron chi connectivity index (χ0n) is 9.21. The zero-order chi connectivity index (χ0) is 13.1. The minimum Gasteiger partial charge on any atom is -0.761 e. The molecule has 5 nitrogen and oxygen atoms in total. The Morgan fingerprint density at radius 2 is 2.06 bits per heavy atom. The first-order valence-electron chi connectivity index (χ1n) is 5.07. The molecule has 1 aromatic heterocycles. The summed E-state index contributed by atoms with van der Waals surface area (Å²) in [6.07, 6.45) is 3.22. The quantitative estimate of drug-likeness (QED) is 0.717. The molecule has 1 aliphatic rings. The van der Waals surface area contributed by atoms with Crippen molar-refractivity contribution in [2.75, 3.05) is 0 Å². The molecule has 0 bridgehead atoms. The largest absolute Gasteiger partial charge is 0.761 e. The smallest absolute Gasteiger partial charge is 0.114 e. The topological polar surface area (TPSA) is 98.5 Å². The minimum atomic E-state index is -0.539. The fourth-order valence-corrected chi connectivity index (χ4v) is 2.08. The molecule has 0 fully saturated rings. The van der Waals surface area contributed by atoms with Crippen LogP contribution in [0.1, 0.15) is 11.5 Å². The molecule has 18 heavy (non-hydrogen) atoms. The molecule has 0 spiro atoms. The molecule has 2 heterocycles. The Morgan fingerprint density at radius 3 is 2.61 bits per heavy atom. The highest BCUT2D eigenvalue weighted by Gasteiger charge is 2.27. The summed E-state index contributed by atoms with van der Waals surface area (Å²) in [6, 6.07) is 7.57. The van der Waals surface area contributed by atoms with Gasteiger partial charge in [-0.2, -0.15) is 10.5 Å². The average Bonchev–Trinajstić information content (AvgIpc) is 2.39. The molecule has 1 aromatic rings. The summed E-state index contributed by atoms with van der Waals surface area (Å²) in [5, 5.41) is 21.3. The molecular weight excluding hydrogens is 246 g/mol. The highest BCUT2D eigenvalue weighted by atomic mass is 32.1. The third-order valence-electron chi connectivity index (χ3n) is 2.62. The van der Waals surface area contributed by atoms with Crippen LogP contribution in [0.4, 0.5) is 0 Å². The van der Waals surface area contributed by atoms with E-state index in [-0.39, 0.29) is 16.4 Å². The van der Waals surface area contributed by atoms with Crippen molar-refractivity contribution in [3.8, 4) is 12.1 Å². The maximum Gasteiger partial charge on any atom is 0.114 e. The van der Waals surface area contributed by atoms with Crippen molar-refractivity contribution in [1.29, 1.82) is 10.5 Å². The maximum absolute atomic E-state index is 9.18. The molecule has 3 N–H and O–H groups in total. The highest BCUT2D eigenvalue weighted by molar-refractivity contribution is 7.63. The van der Waals surface area contributed by atoms with E-state index < -0.39 is 5.92 Å². The van der Waals surface area contributed by atoms with Gasteiger partial charge in [-0.1, -0.05) is 11.1 Å². The van der Waals surface area contributed by atoms with Gasteiger partial charge in [0.15, 0.2) is 0 Å². The van der Waals surface area contributed by atoms with E-state index >= 15 is 0 Å². The van der Waals surface area contributed by atoms with Crippen LogP contribution in [0.3, 0.4) is 0 Å². The van der Waals surface area contributed by atoms with E-state index in [1.807, 2.05) is 12.1 Å². The van der Waals surface area contributed by atoms with Gasteiger partial charge >= 0.3 is 0 Å². The van der Waals surface area contributed by atoms with Crippen LogP contribution in [0.15, 0.2) is 46.5 Å². The third-order valence-corrected chi connectivity index (χ3v) is 2.94. The van der Waals surface area contributed by atoms with Gasteiger partial charge in [0.1, 0.15) is 5.82 Å². The molecule has 1 unspecified atom stereocenters. The van der Waals surface area contributed by atoms with Crippen LogP contribution >= 0.6 is 0 Å². The van der Waals surface area contributed by atoms with Crippen molar-refractivity contribution < 1.29 is 0 Å². The molecule has 0 saturated heterocycles. The van der Waals surface area contributed by atoms with E-state index in [9.17, 15) is 10.5 Å². The number of dihydropyridines is 1. The molecule has 1 aliphatic heterocycles. The van der Waals surface area contributed by atoms with Crippen LogP contribution in [0.2, 0.25) is 0 Å². The molecule has 0 amide bonds. The van der Waals surface area contributed by atoms with E-state index in [0.29, 0.717) is 5.57 Å². The number of nitrogens with two attached hydrogens (primary N) is 1. The van der Waals surface area contributed by atoms with Gasteiger partial charge in [-0.05, 0) is 11.6 Å². The molecule has 0 radical (unpaired) electrons. The van der Waals surface area contributed by atoms with Crippen LogP contribution < -0.4 is 11.1 Å². The van der Waals surface area contributed by atoms with Crippen molar-refractivity contribution in [3.63, 3.8) is 0 Å².